The van der Waals surface area contributed by atoms with Crippen molar-refractivity contribution in [3.05, 3.63) is 59.1 Å². The number of halogens is 1. The van der Waals surface area contributed by atoms with Crippen molar-refractivity contribution in [2.75, 3.05) is 25.1 Å². The van der Waals surface area contributed by atoms with Crippen LogP contribution < -0.4 is 15.0 Å². The van der Waals surface area contributed by atoms with E-state index in [2.05, 4.69) is 16.3 Å². The molecule has 1 amide bonds. The summed E-state index contributed by atoms with van der Waals surface area (Å²) in [4.78, 5) is 14.9. The Kier molecular flexibility index (Phi) is 5.26. The summed E-state index contributed by atoms with van der Waals surface area (Å²) in [6.07, 6.45) is 2.86. The highest BCUT2D eigenvalue weighted by Crippen LogP contribution is 2.47. The Morgan fingerprint density at radius 2 is 1.81 bits per heavy atom. The topological polar surface area (TPSA) is 41.6 Å². The standard InChI is InChI=1S/C22H25ClN2O2/c1-27-21-5-3-2-4-20(21)25-12-10-17(11-13-25)24-22(26)19-14-18(19)15-6-8-16(23)9-7-15/h2-9,17-19H,10-14H2,1H3,(H,24,26)/t18-,19+/m0/s1. The Hall–Kier alpha value is -2.20. The lowest BCUT2D eigenvalue weighted by Gasteiger charge is -2.34. The molecule has 0 unspecified atom stereocenters. The van der Waals surface area contributed by atoms with Crippen LogP contribution in [0.15, 0.2) is 48.5 Å². The minimum Gasteiger partial charge on any atom is -0.495 e. The third-order valence-electron chi connectivity index (χ3n) is 5.69. The molecule has 1 aliphatic carbocycles. The van der Waals surface area contributed by atoms with E-state index in [-0.39, 0.29) is 17.9 Å². The van der Waals surface area contributed by atoms with Crippen molar-refractivity contribution >= 4 is 23.2 Å². The van der Waals surface area contributed by atoms with E-state index in [4.69, 9.17) is 16.3 Å². The summed E-state index contributed by atoms with van der Waals surface area (Å²) in [5.74, 6) is 1.56. The number of amides is 1. The molecule has 0 bridgehead atoms. The molecule has 1 aliphatic heterocycles. The van der Waals surface area contributed by atoms with Gasteiger partial charge < -0.3 is 15.0 Å². The van der Waals surface area contributed by atoms with Crippen LogP contribution in [0.2, 0.25) is 5.02 Å². The van der Waals surface area contributed by atoms with Crippen LogP contribution in [0.4, 0.5) is 5.69 Å². The van der Waals surface area contributed by atoms with E-state index in [1.807, 2.05) is 42.5 Å². The van der Waals surface area contributed by atoms with Crippen LogP contribution in [0.1, 0.15) is 30.7 Å². The molecule has 1 saturated heterocycles. The fourth-order valence-electron chi connectivity index (χ4n) is 4.03. The number of para-hydroxylation sites is 2. The summed E-state index contributed by atoms with van der Waals surface area (Å²) in [7, 11) is 1.71. The van der Waals surface area contributed by atoms with Gasteiger partial charge in [0.25, 0.3) is 0 Å². The van der Waals surface area contributed by atoms with Gasteiger partial charge in [-0.1, -0.05) is 35.9 Å². The second-order valence-corrected chi connectivity index (χ2v) is 7.88. The van der Waals surface area contributed by atoms with E-state index >= 15 is 0 Å². The van der Waals surface area contributed by atoms with Gasteiger partial charge in [-0.3, -0.25) is 4.79 Å². The lowest BCUT2D eigenvalue weighted by molar-refractivity contribution is -0.123. The van der Waals surface area contributed by atoms with Crippen LogP contribution in [0, 0.1) is 5.92 Å². The zero-order chi connectivity index (χ0) is 18.8. The van der Waals surface area contributed by atoms with E-state index in [0.29, 0.717) is 5.92 Å². The monoisotopic (exact) mass is 384 g/mol. The summed E-state index contributed by atoms with van der Waals surface area (Å²) in [5.41, 5.74) is 2.35. The van der Waals surface area contributed by atoms with Crippen molar-refractivity contribution in [1.82, 2.24) is 5.32 Å². The van der Waals surface area contributed by atoms with Crippen LogP contribution in [0.25, 0.3) is 0 Å². The molecule has 4 nitrogen and oxygen atoms in total. The highest BCUT2D eigenvalue weighted by Gasteiger charge is 2.44. The first-order chi connectivity index (χ1) is 13.2. The van der Waals surface area contributed by atoms with Crippen LogP contribution in [0.5, 0.6) is 5.75 Å². The average molecular weight is 385 g/mol. The third kappa shape index (κ3) is 4.06. The molecule has 2 aromatic rings. The summed E-state index contributed by atoms with van der Waals surface area (Å²) in [6, 6.07) is 16.2. The number of nitrogens with one attached hydrogen (secondary N) is 1. The molecule has 2 aliphatic rings. The maximum atomic E-state index is 12.6. The normalized spacial score (nSPS) is 22.4. The zero-order valence-electron chi connectivity index (χ0n) is 15.5. The number of benzene rings is 2. The van der Waals surface area contributed by atoms with Gasteiger partial charge in [0.1, 0.15) is 5.75 Å². The minimum atomic E-state index is 0.110. The van der Waals surface area contributed by atoms with Crippen LogP contribution in [-0.2, 0) is 4.79 Å². The molecule has 2 fully saturated rings. The van der Waals surface area contributed by atoms with E-state index < -0.39 is 0 Å². The molecule has 1 heterocycles. The van der Waals surface area contributed by atoms with Gasteiger partial charge >= 0.3 is 0 Å². The quantitative estimate of drug-likeness (QED) is 0.838. The molecule has 1 saturated carbocycles. The summed E-state index contributed by atoms with van der Waals surface area (Å²) in [6.45, 7) is 1.85. The van der Waals surface area contributed by atoms with Gasteiger partial charge in [0, 0.05) is 30.1 Å². The second-order valence-electron chi connectivity index (χ2n) is 7.44. The van der Waals surface area contributed by atoms with E-state index in [1.165, 1.54) is 5.56 Å². The van der Waals surface area contributed by atoms with Gasteiger partial charge in [0.2, 0.25) is 5.91 Å². The lowest BCUT2D eigenvalue weighted by atomic mass is 10.0. The second kappa shape index (κ2) is 7.81. The van der Waals surface area contributed by atoms with Crippen molar-refractivity contribution in [3.8, 4) is 5.75 Å². The Morgan fingerprint density at radius 1 is 1.11 bits per heavy atom. The lowest BCUT2D eigenvalue weighted by Crippen LogP contribution is -2.45. The number of hydrogen-bond donors (Lipinski definition) is 1. The molecular weight excluding hydrogens is 360 g/mol. The van der Waals surface area contributed by atoms with Crippen molar-refractivity contribution < 1.29 is 9.53 Å². The molecular formula is C22H25ClN2O2. The SMILES string of the molecule is COc1ccccc1N1CCC(NC(=O)[C@@H]2C[C@H]2c2ccc(Cl)cc2)CC1. The molecule has 2 aromatic carbocycles. The smallest absolute Gasteiger partial charge is 0.223 e. The van der Waals surface area contributed by atoms with Gasteiger partial charge in [0.15, 0.2) is 0 Å². The Labute approximate surface area is 165 Å². The minimum absolute atomic E-state index is 0.110. The largest absolute Gasteiger partial charge is 0.495 e. The van der Waals surface area contributed by atoms with Gasteiger partial charge in [-0.15, -0.1) is 0 Å². The zero-order valence-corrected chi connectivity index (χ0v) is 16.3. The molecule has 142 valence electrons. The maximum Gasteiger partial charge on any atom is 0.223 e. The van der Waals surface area contributed by atoms with E-state index in [1.54, 1.807) is 7.11 Å². The maximum absolute atomic E-state index is 12.6. The summed E-state index contributed by atoms with van der Waals surface area (Å²) >= 11 is 5.95. The molecule has 0 aromatic heterocycles. The van der Waals surface area contributed by atoms with Crippen molar-refractivity contribution in [3.63, 3.8) is 0 Å². The molecule has 1 N–H and O–H groups in total. The number of rotatable bonds is 5. The number of carbonyl (C=O) groups is 1. The molecule has 0 spiro atoms. The van der Waals surface area contributed by atoms with Crippen molar-refractivity contribution in [2.24, 2.45) is 5.92 Å². The molecule has 5 heteroatoms. The first kappa shape index (κ1) is 18.2. The highest BCUT2D eigenvalue weighted by molar-refractivity contribution is 6.30. The molecule has 27 heavy (non-hydrogen) atoms. The van der Waals surface area contributed by atoms with Crippen LogP contribution >= 0.6 is 11.6 Å². The fourth-order valence-corrected chi connectivity index (χ4v) is 4.15. The number of carbonyl (C=O) groups excluding carboxylic acids is 1. The number of methoxy groups -OCH3 is 1. The Bertz CT molecular complexity index is 800. The van der Waals surface area contributed by atoms with Gasteiger partial charge in [-0.05, 0) is 55.0 Å². The van der Waals surface area contributed by atoms with Crippen LogP contribution in [-0.4, -0.2) is 32.1 Å². The summed E-state index contributed by atoms with van der Waals surface area (Å²) in [5, 5.41) is 4.01. The molecule has 4 rings (SSSR count). The predicted molar refractivity (Wildman–Crippen MR) is 109 cm³/mol. The van der Waals surface area contributed by atoms with Crippen molar-refractivity contribution in [2.45, 2.75) is 31.2 Å². The number of anilines is 1. The van der Waals surface area contributed by atoms with Crippen molar-refractivity contribution in [1.29, 1.82) is 0 Å². The molecule has 2 atom stereocenters. The first-order valence-corrected chi connectivity index (χ1v) is 9.97. The average Bonchev–Trinajstić information content (AvgIpc) is 3.50. The molecule has 0 radical (unpaired) electrons. The number of ether oxygens (including phenoxy) is 1. The fraction of sp³-hybridized carbons (Fsp3) is 0.409. The number of piperidine rings is 1. The van der Waals surface area contributed by atoms with Gasteiger partial charge in [-0.2, -0.15) is 0 Å². The number of nitrogens with zero attached hydrogens (tertiary/aromatic N) is 1. The van der Waals surface area contributed by atoms with Gasteiger partial charge in [0.05, 0.1) is 12.8 Å². The van der Waals surface area contributed by atoms with Gasteiger partial charge in [-0.25, -0.2) is 0 Å². The van der Waals surface area contributed by atoms with E-state index in [0.717, 1.165) is 48.8 Å². The third-order valence-corrected chi connectivity index (χ3v) is 5.94. The van der Waals surface area contributed by atoms with Crippen LogP contribution in [0.3, 0.4) is 0 Å². The predicted octanol–water partition coefficient (Wildman–Crippen LogP) is 4.24. The first-order valence-electron chi connectivity index (χ1n) is 9.59. The summed E-state index contributed by atoms with van der Waals surface area (Å²) < 4.78 is 5.47. The Balaban J connectivity index is 1.28. The highest BCUT2D eigenvalue weighted by atomic mass is 35.5. The Morgan fingerprint density at radius 3 is 2.52 bits per heavy atom. The van der Waals surface area contributed by atoms with E-state index in [9.17, 15) is 4.79 Å². The number of hydrogen-bond acceptors (Lipinski definition) is 3.